The molecule has 3 N–H and O–H groups in total. The molecule has 0 aliphatic heterocycles. The molecule has 0 aliphatic carbocycles. The van der Waals surface area contributed by atoms with Crippen molar-refractivity contribution in [2.45, 2.75) is 19.0 Å². The van der Waals surface area contributed by atoms with Crippen LogP contribution >= 0.6 is 23.4 Å². The first-order valence-corrected chi connectivity index (χ1v) is 11.3. The van der Waals surface area contributed by atoms with E-state index in [9.17, 15) is 10.1 Å². The summed E-state index contributed by atoms with van der Waals surface area (Å²) in [6, 6.07) is 18.9. The highest BCUT2D eigenvalue weighted by atomic mass is 35.5. The predicted molar refractivity (Wildman–Crippen MR) is 130 cm³/mol. The van der Waals surface area contributed by atoms with Crippen LogP contribution in [0.4, 0.5) is 5.82 Å². The third-order valence-corrected chi connectivity index (χ3v) is 6.39. The van der Waals surface area contributed by atoms with Crippen molar-refractivity contribution in [3.8, 4) is 23.1 Å². The molecule has 8 nitrogen and oxygen atoms in total. The monoisotopic (exact) mass is 477 g/mol. The molecule has 2 heterocycles. The topological polar surface area (TPSA) is 115 Å². The summed E-state index contributed by atoms with van der Waals surface area (Å²) in [5.74, 6) is 6.80. The minimum absolute atomic E-state index is 0.0406. The van der Waals surface area contributed by atoms with Crippen molar-refractivity contribution in [2.24, 2.45) is 0 Å². The van der Waals surface area contributed by atoms with Crippen LogP contribution in [0, 0.1) is 25.2 Å². The Morgan fingerprint density at radius 2 is 1.85 bits per heavy atom. The smallest absolute Gasteiger partial charge is 0.236 e. The fraction of sp³-hybridized carbons (Fsp3) is 0.130. The van der Waals surface area contributed by atoms with Crippen LogP contribution in [0.15, 0.2) is 59.8 Å². The van der Waals surface area contributed by atoms with Gasteiger partial charge in [0.15, 0.2) is 5.82 Å². The Morgan fingerprint density at radius 3 is 2.52 bits per heavy atom. The van der Waals surface area contributed by atoms with E-state index in [0.29, 0.717) is 27.4 Å². The number of carbonyl (C=O) groups excluding carboxylic acids is 1. The fourth-order valence-electron chi connectivity index (χ4n) is 3.43. The molecule has 10 heteroatoms. The lowest BCUT2D eigenvalue weighted by Gasteiger charge is -2.13. The molecule has 4 rings (SSSR count). The molecular formula is C23H20ClN7OS. The summed E-state index contributed by atoms with van der Waals surface area (Å²) in [7, 11) is 0. The summed E-state index contributed by atoms with van der Waals surface area (Å²) in [6.45, 7) is 3.79. The fourth-order valence-corrected chi connectivity index (χ4v) is 4.21. The van der Waals surface area contributed by atoms with E-state index in [2.05, 4.69) is 21.6 Å². The Labute approximate surface area is 200 Å². The summed E-state index contributed by atoms with van der Waals surface area (Å²) < 4.78 is 3.21. The zero-order chi connectivity index (χ0) is 23.5. The van der Waals surface area contributed by atoms with Crippen LogP contribution in [-0.4, -0.2) is 31.1 Å². The number of nitrogens with one attached hydrogen (secondary N) is 1. The molecule has 0 saturated carbocycles. The summed E-state index contributed by atoms with van der Waals surface area (Å²) in [4.78, 5) is 12.8. The number of para-hydroxylation sites is 1. The van der Waals surface area contributed by atoms with Crippen LogP contribution in [0.25, 0.3) is 17.1 Å². The Hall–Kier alpha value is -3.74. The summed E-state index contributed by atoms with van der Waals surface area (Å²) >= 11 is 7.09. The standard InChI is InChI=1S/C23H20ClN7OS/c1-14-15(2)30(18-6-4-3-5-7-18)22(19(14)12-25)27-20(32)13-33-23-29-28-21(31(23)26)16-8-10-17(24)11-9-16/h3-11H,13,26H2,1-2H3,(H,27,32). The van der Waals surface area contributed by atoms with Crippen molar-refractivity contribution >= 4 is 35.1 Å². The maximum Gasteiger partial charge on any atom is 0.236 e. The molecule has 0 spiro atoms. The van der Waals surface area contributed by atoms with E-state index in [1.807, 2.05) is 48.7 Å². The van der Waals surface area contributed by atoms with E-state index in [1.165, 1.54) is 4.68 Å². The molecule has 0 radical (unpaired) electrons. The van der Waals surface area contributed by atoms with Gasteiger partial charge in [0.05, 0.1) is 11.3 Å². The number of thioether (sulfide) groups is 1. The van der Waals surface area contributed by atoms with Crippen LogP contribution in [0.2, 0.25) is 5.02 Å². The van der Waals surface area contributed by atoms with Crippen molar-refractivity contribution in [1.29, 1.82) is 5.26 Å². The number of hydrogen-bond acceptors (Lipinski definition) is 6. The van der Waals surface area contributed by atoms with Crippen molar-refractivity contribution in [1.82, 2.24) is 19.4 Å². The van der Waals surface area contributed by atoms with Crippen molar-refractivity contribution < 1.29 is 4.79 Å². The number of rotatable bonds is 6. The van der Waals surface area contributed by atoms with Gasteiger partial charge in [-0.2, -0.15) is 5.26 Å². The van der Waals surface area contributed by atoms with Crippen molar-refractivity contribution in [3.63, 3.8) is 0 Å². The van der Waals surface area contributed by atoms with Gasteiger partial charge >= 0.3 is 0 Å². The van der Waals surface area contributed by atoms with E-state index >= 15 is 0 Å². The summed E-state index contributed by atoms with van der Waals surface area (Å²) in [5, 5.41) is 21.8. The predicted octanol–water partition coefficient (Wildman–Crippen LogP) is 4.32. The second-order valence-electron chi connectivity index (χ2n) is 7.24. The number of nitrogen functional groups attached to an aromatic ring is 1. The molecule has 2 aromatic carbocycles. The number of amides is 1. The van der Waals surface area contributed by atoms with Crippen molar-refractivity contribution in [3.05, 3.63) is 76.4 Å². The van der Waals surface area contributed by atoms with E-state index in [0.717, 1.165) is 34.3 Å². The molecule has 0 saturated heterocycles. The normalized spacial score (nSPS) is 10.7. The number of aromatic nitrogens is 4. The largest absolute Gasteiger partial charge is 0.335 e. The number of benzene rings is 2. The molecular weight excluding hydrogens is 458 g/mol. The van der Waals surface area contributed by atoms with Gasteiger partial charge in [-0.3, -0.25) is 9.36 Å². The van der Waals surface area contributed by atoms with Gasteiger partial charge in [0.1, 0.15) is 11.9 Å². The molecule has 0 atom stereocenters. The lowest BCUT2D eigenvalue weighted by atomic mass is 10.2. The number of nitriles is 1. The van der Waals surface area contributed by atoms with Crippen LogP contribution in [0.3, 0.4) is 0 Å². The number of halogens is 1. The van der Waals surface area contributed by atoms with Crippen molar-refractivity contribution in [2.75, 3.05) is 16.9 Å². The molecule has 33 heavy (non-hydrogen) atoms. The first kappa shape index (κ1) is 22.5. The highest BCUT2D eigenvalue weighted by Crippen LogP contribution is 2.30. The minimum Gasteiger partial charge on any atom is -0.335 e. The first-order chi connectivity index (χ1) is 15.9. The van der Waals surface area contributed by atoms with E-state index in [-0.39, 0.29) is 11.7 Å². The molecule has 0 bridgehead atoms. The Morgan fingerprint density at radius 1 is 1.15 bits per heavy atom. The second kappa shape index (κ2) is 9.40. The Bertz CT molecular complexity index is 1350. The number of nitrogens with two attached hydrogens (primary N) is 1. The van der Waals surface area contributed by atoms with Gasteiger partial charge in [0.25, 0.3) is 0 Å². The van der Waals surface area contributed by atoms with Gasteiger partial charge in [-0.05, 0) is 55.8 Å². The maximum absolute atomic E-state index is 12.8. The average Bonchev–Trinajstić information content (AvgIpc) is 3.30. The number of hydrogen-bond donors (Lipinski definition) is 2. The lowest BCUT2D eigenvalue weighted by Crippen LogP contribution is -2.19. The first-order valence-electron chi connectivity index (χ1n) is 9.97. The van der Waals surface area contributed by atoms with Gasteiger partial charge in [0, 0.05) is 22.0 Å². The molecule has 1 amide bonds. The van der Waals surface area contributed by atoms with E-state index in [1.54, 1.807) is 24.3 Å². The summed E-state index contributed by atoms with van der Waals surface area (Å²) in [5.41, 5.74) is 3.75. The minimum atomic E-state index is -0.290. The third kappa shape index (κ3) is 4.44. The third-order valence-electron chi connectivity index (χ3n) is 5.20. The van der Waals surface area contributed by atoms with E-state index < -0.39 is 0 Å². The van der Waals surface area contributed by atoms with Gasteiger partial charge in [-0.1, -0.05) is 41.6 Å². The lowest BCUT2D eigenvalue weighted by molar-refractivity contribution is -0.113. The summed E-state index contributed by atoms with van der Waals surface area (Å²) in [6.07, 6.45) is 0. The number of carbonyl (C=O) groups is 1. The van der Waals surface area contributed by atoms with Gasteiger partial charge in [-0.25, -0.2) is 4.68 Å². The van der Waals surface area contributed by atoms with Crippen LogP contribution in [0.5, 0.6) is 0 Å². The Balaban J connectivity index is 1.53. The average molecular weight is 478 g/mol. The van der Waals surface area contributed by atoms with Crippen LogP contribution < -0.4 is 11.2 Å². The van der Waals surface area contributed by atoms with E-state index in [4.69, 9.17) is 17.4 Å². The van der Waals surface area contributed by atoms with Gasteiger partial charge in [0.2, 0.25) is 11.1 Å². The molecule has 2 aromatic heterocycles. The molecule has 166 valence electrons. The molecule has 4 aromatic rings. The molecule has 0 fully saturated rings. The van der Waals surface area contributed by atoms with Crippen LogP contribution in [-0.2, 0) is 4.79 Å². The zero-order valence-electron chi connectivity index (χ0n) is 17.9. The quantitative estimate of drug-likeness (QED) is 0.315. The highest BCUT2D eigenvalue weighted by Gasteiger charge is 2.21. The highest BCUT2D eigenvalue weighted by molar-refractivity contribution is 7.99. The molecule has 0 unspecified atom stereocenters. The van der Waals surface area contributed by atoms with Gasteiger partial charge < -0.3 is 11.2 Å². The zero-order valence-corrected chi connectivity index (χ0v) is 19.5. The second-order valence-corrected chi connectivity index (χ2v) is 8.62. The Kier molecular flexibility index (Phi) is 6.40. The number of nitrogens with zero attached hydrogens (tertiary/aromatic N) is 5. The van der Waals surface area contributed by atoms with Crippen LogP contribution in [0.1, 0.15) is 16.8 Å². The molecule has 0 aliphatic rings. The SMILES string of the molecule is Cc1c(C#N)c(NC(=O)CSc2nnc(-c3ccc(Cl)cc3)n2N)n(-c2ccccc2)c1C. The van der Waals surface area contributed by atoms with Gasteiger partial charge in [-0.15, -0.1) is 10.2 Å². The number of anilines is 1. The maximum atomic E-state index is 12.8.